The molecule has 20 heavy (non-hydrogen) atoms. The summed E-state index contributed by atoms with van der Waals surface area (Å²) in [6.45, 7) is 4.69. The van der Waals surface area contributed by atoms with Crippen LogP contribution in [0.3, 0.4) is 0 Å². The number of methoxy groups -OCH3 is 1. The lowest BCUT2D eigenvalue weighted by Crippen LogP contribution is -2.23. The lowest BCUT2D eigenvalue weighted by Gasteiger charge is -2.21. The molecule has 0 aliphatic carbocycles. The van der Waals surface area contributed by atoms with Crippen molar-refractivity contribution in [3.8, 4) is 5.75 Å². The molecule has 0 aliphatic rings. The van der Waals surface area contributed by atoms with Crippen LogP contribution in [0, 0.1) is 0 Å². The summed E-state index contributed by atoms with van der Waals surface area (Å²) in [5.41, 5.74) is 8.79. The molecule has 0 amide bonds. The summed E-state index contributed by atoms with van der Waals surface area (Å²) in [6.07, 6.45) is 1.82. The Kier molecular flexibility index (Phi) is 4.96. The molecule has 0 aliphatic heterocycles. The monoisotopic (exact) mass is 271 g/mol. The van der Waals surface area contributed by atoms with Crippen molar-refractivity contribution in [1.82, 2.24) is 9.88 Å². The number of hydrogen-bond acceptors (Lipinski definition) is 4. The first-order chi connectivity index (χ1) is 9.72. The topological polar surface area (TPSA) is 51.4 Å². The van der Waals surface area contributed by atoms with Crippen LogP contribution in [0.25, 0.3) is 0 Å². The zero-order valence-electron chi connectivity index (χ0n) is 12.0. The van der Waals surface area contributed by atoms with Gasteiger partial charge in [-0.05, 0) is 36.9 Å². The molecular formula is C16H21N3O. The Bertz CT molecular complexity index is 543. The normalized spacial score (nSPS) is 10.8. The first-order valence-electron chi connectivity index (χ1n) is 6.77. The Morgan fingerprint density at radius 3 is 2.70 bits per heavy atom. The third-order valence-corrected chi connectivity index (χ3v) is 3.26. The fourth-order valence-corrected chi connectivity index (χ4v) is 2.16. The number of rotatable bonds is 6. The summed E-state index contributed by atoms with van der Waals surface area (Å²) < 4.78 is 5.40. The van der Waals surface area contributed by atoms with Crippen molar-refractivity contribution in [1.29, 1.82) is 0 Å². The van der Waals surface area contributed by atoms with Gasteiger partial charge in [-0.1, -0.05) is 13.0 Å². The second-order valence-electron chi connectivity index (χ2n) is 4.70. The Morgan fingerprint density at radius 1 is 1.20 bits per heavy atom. The van der Waals surface area contributed by atoms with Crippen LogP contribution in [0.4, 0.5) is 5.69 Å². The van der Waals surface area contributed by atoms with Crippen molar-refractivity contribution < 1.29 is 4.74 Å². The summed E-state index contributed by atoms with van der Waals surface area (Å²) in [5.74, 6) is 0.874. The summed E-state index contributed by atoms with van der Waals surface area (Å²) in [7, 11) is 1.68. The lowest BCUT2D eigenvalue weighted by atomic mass is 10.1. The Labute approximate surface area is 120 Å². The SMILES string of the molecule is CCN(Cc1ccccn1)Cc1cc(N)ccc1OC. The van der Waals surface area contributed by atoms with Crippen LogP contribution in [0.2, 0.25) is 0 Å². The highest BCUT2D eigenvalue weighted by Crippen LogP contribution is 2.23. The Balaban J connectivity index is 2.12. The molecule has 0 saturated heterocycles. The van der Waals surface area contributed by atoms with Crippen LogP contribution in [-0.2, 0) is 13.1 Å². The predicted molar refractivity (Wildman–Crippen MR) is 81.4 cm³/mol. The number of nitrogen functional groups attached to an aromatic ring is 1. The van der Waals surface area contributed by atoms with Crippen molar-refractivity contribution >= 4 is 5.69 Å². The molecular weight excluding hydrogens is 250 g/mol. The van der Waals surface area contributed by atoms with E-state index in [1.54, 1.807) is 7.11 Å². The van der Waals surface area contributed by atoms with Crippen molar-refractivity contribution in [3.63, 3.8) is 0 Å². The summed E-state index contributed by atoms with van der Waals surface area (Å²) in [4.78, 5) is 6.68. The van der Waals surface area contributed by atoms with Gasteiger partial charge < -0.3 is 10.5 Å². The molecule has 4 heteroatoms. The van der Waals surface area contributed by atoms with Crippen LogP contribution < -0.4 is 10.5 Å². The number of pyridine rings is 1. The fraction of sp³-hybridized carbons (Fsp3) is 0.312. The number of benzene rings is 1. The molecule has 106 valence electrons. The largest absolute Gasteiger partial charge is 0.496 e. The van der Waals surface area contributed by atoms with Gasteiger partial charge in [0.25, 0.3) is 0 Å². The van der Waals surface area contributed by atoms with E-state index in [2.05, 4.69) is 16.8 Å². The number of nitrogens with zero attached hydrogens (tertiary/aromatic N) is 2. The van der Waals surface area contributed by atoms with Gasteiger partial charge in [-0.25, -0.2) is 0 Å². The van der Waals surface area contributed by atoms with E-state index >= 15 is 0 Å². The highest BCUT2D eigenvalue weighted by Gasteiger charge is 2.10. The van der Waals surface area contributed by atoms with Gasteiger partial charge in [0.2, 0.25) is 0 Å². The number of nitrogens with two attached hydrogens (primary N) is 1. The summed E-state index contributed by atoms with van der Waals surface area (Å²) in [5, 5.41) is 0. The van der Waals surface area contributed by atoms with E-state index in [9.17, 15) is 0 Å². The maximum absolute atomic E-state index is 5.87. The average Bonchev–Trinajstić information content (AvgIpc) is 2.48. The molecule has 0 radical (unpaired) electrons. The zero-order chi connectivity index (χ0) is 14.4. The van der Waals surface area contributed by atoms with Gasteiger partial charge >= 0.3 is 0 Å². The molecule has 0 fully saturated rings. The van der Waals surface area contributed by atoms with Gasteiger partial charge in [-0.15, -0.1) is 0 Å². The van der Waals surface area contributed by atoms with E-state index in [1.807, 2.05) is 42.6 Å². The molecule has 0 bridgehead atoms. The molecule has 4 nitrogen and oxygen atoms in total. The minimum Gasteiger partial charge on any atom is -0.496 e. The van der Waals surface area contributed by atoms with Crippen LogP contribution in [0.1, 0.15) is 18.2 Å². The van der Waals surface area contributed by atoms with Gasteiger partial charge in [0.1, 0.15) is 5.75 Å². The molecule has 0 atom stereocenters. The number of ether oxygens (including phenoxy) is 1. The van der Waals surface area contributed by atoms with Crippen molar-refractivity contribution in [2.45, 2.75) is 20.0 Å². The van der Waals surface area contributed by atoms with E-state index < -0.39 is 0 Å². The second kappa shape index (κ2) is 6.91. The third-order valence-electron chi connectivity index (χ3n) is 3.26. The fourth-order valence-electron chi connectivity index (χ4n) is 2.16. The van der Waals surface area contributed by atoms with Crippen LogP contribution in [0.5, 0.6) is 5.75 Å². The molecule has 0 unspecified atom stereocenters. The molecule has 1 aromatic heterocycles. The first kappa shape index (κ1) is 14.3. The number of anilines is 1. The number of hydrogen-bond donors (Lipinski definition) is 1. The van der Waals surface area contributed by atoms with Gasteiger partial charge in [0, 0.05) is 30.5 Å². The van der Waals surface area contributed by atoms with Crippen molar-refractivity contribution in [3.05, 3.63) is 53.9 Å². The minimum atomic E-state index is 0.759. The molecule has 2 rings (SSSR count). The molecule has 0 spiro atoms. The molecule has 1 aromatic carbocycles. The average molecular weight is 271 g/mol. The van der Waals surface area contributed by atoms with Gasteiger partial charge in [-0.3, -0.25) is 9.88 Å². The third kappa shape index (κ3) is 3.71. The van der Waals surface area contributed by atoms with Crippen LogP contribution in [-0.4, -0.2) is 23.5 Å². The van der Waals surface area contributed by atoms with Gasteiger partial charge in [0.15, 0.2) is 0 Å². The quantitative estimate of drug-likeness (QED) is 0.821. The Morgan fingerprint density at radius 2 is 2.05 bits per heavy atom. The summed E-state index contributed by atoms with van der Waals surface area (Å²) in [6, 6.07) is 11.7. The van der Waals surface area contributed by atoms with E-state index in [0.717, 1.165) is 42.3 Å². The maximum atomic E-state index is 5.87. The van der Waals surface area contributed by atoms with Crippen LogP contribution in [0.15, 0.2) is 42.6 Å². The Hall–Kier alpha value is -2.07. The van der Waals surface area contributed by atoms with E-state index in [4.69, 9.17) is 10.5 Å². The van der Waals surface area contributed by atoms with E-state index in [-0.39, 0.29) is 0 Å². The molecule has 2 N–H and O–H groups in total. The molecule has 0 saturated carbocycles. The second-order valence-corrected chi connectivity index (χ2v) is 4.70. The van der Waals surface area contributed by atoms with Crippen molar-refractivity contribution in [2.24, 2.45) is 0 Å². The van der Waals surface area contributed by atoms with Crippen molar-refractivity contribution in [2.75, 3.05) is 19.4 Å². The van der Waals surface area contributed by atoms with E-state index in [0.29, 0.717) is 0 Å². The van der Waals surface area contributed by atoms with Crippen LogP contribution >= 0.6 is 0 Å². The van der Waals surface area contributed by atoms with Gasteiger partial charge in [0.05, 0.1) is 12.8 Å². The number of aromatic nitrogens is 1. The minimum absolute atomic E-state index is 0.759. The highest BCUT2D eigenvalue weighted by atomic mass is 16.5. The zero-order valence-corrected chi connectivity index (χ0v) is 12.0. The standard InChI is InChI=1S/C16H21N3O/c1-3-19(12-15-6-4-5-9-18-15)11-13-10-14(17)7-8-16(13)20-2/h4-10H,3,11-12,17H2,1-2H3. The predicted octanol–water partition coefficient (Wildman–Crippen LogP) is 2.69. The smallest absolute Gasteiger partial charge is 0.123 e. The van der Waals surface area contributed by atoms with E-state index in [1.165, 1.54) is 0 Å². The van der Waals surface area contributed by atoms with Gasteiger partial charge in [-0.2, -0.15) is 0 Å². The maximum Gasteiger partial charge on any atom is 0.123 e. The highest BCUT2D eigenvalue weighted by molar-refractivity contribution is 5.47. The first-order valence-corrected chi connectivity index (χ1v) is 6.77. The summed E-state index contributed by atoms with van der Waals surface area (Å²) >= 11 is 0. The lowest BCUT2D eigenvalue weighted by molar-refractivity contribution is 0.263. The molecule has 1 heterocycles. The molecule has 2 aromatic rings.